The summed E-state index contributed by atoms with van der Waals surface area (Å²) in [5, 5.41) is 16.7. The van der Waals surface area contributed by atoms with Crippen LogP contribution in [0.1, 0.15) is 71.6 Å². The molecule has 2 N–H and O–H groups in total. The molecule has 0 bridgehead atoms. The number of ether oxygens (including phenoxy) is 3. The van der Waals surface area contributed by atoms with Crippen LogP contribution in [0.2, 0.25) is 0 Å². The maximum Gasteiger partial charge on any atom is 0.411 e. The second kappa shape index (κ2) is 12.5. The zero-order valence-electron chi connectivity index (χ0n) is 27.4. The Labute approximate surface area is 273 Å². The van der Waals surface area contributed by atoms with Crippen LogP contribution in [0.15, 0.2) is 36.2 Å². The molecule has 2 amide bonds. The van der Waals surface area contributed by atoms with E-state index in [2.05, 4.69) is 25.7 Å². The molecule has 1 aliphatic heterocycles. The summed E-state index contributed by atoms with van der Waals surface area (Å²) >= 11 is 1.47. The Morgan fingerprint density at radius 2 is 2.00 bits per heavy atom. The lowest BCUT2D eigenvalue weighted by molar-refractivity contribution is -0.149. The van der Waals surface area contributed by atoms with Crippen LogP contribution < -0.4 is 10.1 Å². The number of esters is 1. The number of fused-ring (bicyclic) bond motifs is 1. The highest BCUT2D eigenvalue weighted by molar-refractivity contribution is 7.13. The van der Waals surface area contributed by atoms with E-state index in [9.17, 15) is 19.5 Å². The number of hydrogen-bond donors (Lipinski definition) is 2. The molecule has 46 heavy (non-hydrogen) atoms. The zero-order chi connectivity index (χ0) is 33.6. The van der Waals surface area contributed by atoms with Gasteiger partial charge >= 0.3 is 12.1 Å². The molecule has 11 nitrogen and oxygen atoms in total. The van der Waals surface area contributed by atoms with Crippen LogP contribution in [0.4, 0.5) is 4.79 Å². The van der Waals surface area contributed by atoms with Gasteiger partial charge in [0.2, 0.25) is 5.91 Å². The molecule has 2 aliphatic rings. The molecule has 1 aliphatic carbocycles. The number of nitrogens with one attached hydrogen (secondary N) is 1. The van der Waals surface area contributed by atoms with Crippen molar-refractivity contribution in [2.75, 3.05) is 13.2 Å². The number of amides is 2. The molecule has 3 heterocycles. The molecule has 3 aromatic rings. The van der Waals surface area contributed by atoms with Crippen LogP contribution in [-0.2, 0) is 19.1 Å². The van der Waals surface area contributed by atoms with Crippen molar-refractivity contribution in [3.05, 3.63) is 47.5 Å². The first-order valence-corrected chi connectivity index (χ1v) is 16.4. The van der Waals surface area contributed by atoms with Crippen LogP contribution in [-0.4, -0.2) is 74.4 Å². The second-order valence-corrected chi connectivity index (χ2v) is 14.1. The summed E-state index contributed by atoms with van der Waals surface area (Å²) < 4.78 is 17.5. The highest BCUT2D eigenvalue weighted by Gasteiger charge is 2.62. The summed E-state index contributed by atoms with van der Waals surface area (Å²) in [6, 6.07) is 4.16. The van der Waals surface area contributed by atoms with Gasteiger partial charge in [-0.3, -0.25) is 9.69 Å². The van der Waals surface area contributed by atoms with Crippen molar-refractivity contribution < 1.29 is 33.7 Å². The van der Waals surface area contributed by atoms with Gasteiger partial charge < -0.3 is 24.6 Å². The van der Waals surface area contributed by atoms with Gasteiger partial charge in [-0.05, 0) is 59.1 Å². The number of aromatic nitrogens is 2. The van der Waals surface area contributed by atoms with Crippen molar-refractivity contribution in [2.24, 2.45) is 5.92 Å². The summed E-state index contributed by atoms with van der Waals surface area (Å²) in [6.07, 6.45) is 0.875. The van der Waals surface area contributed by atoms with Crippen molar-refractivity contribution in [3.8, 4) is 22.2 Å². The summed E-state index contributed by atoms with van der Waals surface area (Å²) in [7, 11) is 0. The summed E-state index contributed by atoms with van der Waals surface area (Å²) in [6.45, 7) is 16.9. The number of pyridine rings is 1. The second-order valence-electron chi connectivity index (χ2n) is 13.2. The minimum absolute atomic E-state index is 0.0647. The van der Waals surface area contributed by atoms with Gasteiger partial charge in [0.1, 0.15) is 45.5 Å². The third-order valence-corrected chi connectivity index (χ3v) is 9.16. The van der Waals surface area contributed by atoms with Gasteiger partial charge in [0.15, 0.2) is 0 Å². The van der Waals surface area contributed by atoms with Crippen molar-refractivity contribution in [1.29, 1.82) is 0 Å². The molecule has 1 saturated carbocycles. The number of likely N-dealkylation sites (tertiary alicyclic amines) is 1. The van der Waals surface area contributed by atoms with Crippen LogP contribution in [0.5, 0.6) is 11.5 Å². The average Bonchev–Trinajstić information content (AvgIpc) is 3.30. The SMILES string of the molecule is C=C[C@@H]1C[C@]1(NC(=O)[C@@H]1C[C@@H](Oc2cc(-c3nc(C(C)C)cs3)nc3c(C)c(O)ccc23)CN1C(=O)OC(C)(C)C)C(=O)OCC. The van der Waals surface area contributed by atoms with Crippen LogP contribution in [0, 0.1) is 12.8 Å². The van der Waals surface area contributed by atoms with Crippen LogP contribution in [0.25, 0.3) is 21.6 Å². The minimum atomic E-state index is -1.22. The number of hydrogen-bond acceptors (Lipinski definition) is 10. The number of aryl methyl sites for hydroxylation is 1. The molecule has 5 rings (SSSR count). The maximum absolute atomic E-state index is 13.8. The fourth-order valence-corrected chi connectivity index (χ4v) is 6.60. The highest BCUT2D eigenvalue weighted by atomic mass is 32.1. The molecule has 1 saturated heterocycles. The number of phenolic OH excluding ortho intramolecular Hbond substituents is 1. The minimum Gasteiger partial charge on any atom is -0.508 e. The van der Waals surface area contributed by atoms with Crippen molar-refractivity contribution >= 4 is 40.2 Å². The summed E-state index contributed by atoms with van der Waals surface area (Å²) in [4.78, 5) is 51.1. The third-order valence-electron chi connectivity index (χ3n) is 8.27. The molecule has 2 aromatic heterocycles. The number of thiazole rings is 1. The lowest BCUT2D eigenvalue weighted by Crippen LogP contribution is -2.53. The monoisotopic (exact) mass is 650 g/mol. The van der Waals surface area contributed by atoms with E-state index >= 15 is 0 Å². The van der Waals surface area contributed by atoms with Crippen molar-refractivity contribution in [3.63, 3.8) is 0 Å². The average molecular weight is 651 g/mol. The quantitative estimate of drug-likeness (QED) is 0.215. The first kappa shape index (κ1) is 33.2. The molecule has 0 radical (unpaired) electrons. The Hall–Kier alpha value is -4.19. The Morgan fingerprint density at radius 3 is 2.61 bits per heavy atom. The first-order valence-electron chi connectivity index (χ1n) is 15.5. The van der Waals surface area contributed by atoms with E-state index in [1.54, 1.807) is 52.8 Å². The largest absolute Gasteiger partial charge is 0.508 e. The zero-order valence-corrected chi connectivity index (χ0v) is 28.2. The molecule has 12 heteroatoms. The number of benzene rings is 1. The number of aromatic hydroxyl groups is 1. The van der Waals surface area contributed by atoms with Gasteiger partial charge in [-0.2, -0.15) is 0 Å². The molecule has 4 atom stereocenters. The van der Waals surface area contributed by atoms with E-state index in [0.29, 0.717) is 39.3 Å². The lowest BCUT2D eigenvalue weighted by atomic mass is 10.1. The Morgan fingerprint density at radius 1 is 1.26 bits per heavy atom. The van der Waals surface area contributed by atoms with E-state index in [-0.39, 0.29) is 37.2 Å². The Balaban J connectivity index is 1.48. The van der Waals surface area contributed by atoms with Gasteiger partial charge in [0.05, 0.1) is 24.4 Å². The van der Waals surface area contributed by atoms with Crippen molar-refractivity contribution in [1.82, 2.24) is 20.2 Å². The molecular weight excluding hydrogens is 608 g/mol. The Bertz CT molecular complexity index is 1680. The maximum atomic E-state index is 13.8. The predicted molar refractivity (Wildman–Crippen MR) is 175 cm³/mol. The Kier molecular flexibility index (Phi) is 9.05. The van der Waals surface area contributed by atoms with E-state index in [0.717, 1.165) is 5.69 Å². The fraction of sp³-hybridized carbons (Fsp3) is 0.500. The van der Waals surface area contributed by atoms with E-state index in [1.165, 1.54) is 16.2 Å². The fourth-order valence-electron chi connectivity index (χ4n) is 5.66. The van der Waals surface area contributed by atoms with Crippen molar-refractivity contribution in [2.45, 2.75) is 90.5 Å². The highest BCUT2D eigenvalue weighted by Crippen LogP contribution is 2.46. The molecule has 1 aromatic carbocycles. The predicted octanol–water partition coefficient (Wildman–Crippen LogP) is 5.88. The van der Waals surface area contributed by atoms with E-state index < -0.39 is 41.3 Å². The number of nitrogens with zero attached hydrogens (tertiary/aromatic N) is 3. The third kappa shape index (κ3) is 6.53. The molecular formula is C34H42N4O7S. The number of carbonyl (C=O) groups excluding carboxylic acids is 3. The summed E-state index contributed by atoms with van der Waals surface area (Å²) in [5.74, 6) is -0.474. The molecule has 0 unspecified atom stereocenters. The number of carbonyl (C=O) groups is 3. The number of rotatable bonds is 9. The molecule has 246 valence electrons. The van der Waals surface area contributed by atoms with Gasteiger partial charge in [-0.15, -0.1) is 17.9 Å². The van der Waals surface area contributed by atoms with E-state index in [4.69, 9.17) is 24.2 Å². The molecule has 2 fully saturated rings. The summed E-state index contributed by atoms with van der Waals surface area (Å²) in [5.41, 5.74) is 0.673. The lowest BCUT2D eigenvalue weighted by Gasteiger charge is -2.28. The topological polar surface area (TPSA) is 140 Å². The number of phenols is 1. The molecule has 0 spiro atoms. The van der Waals surface area contributed by atoms with Gasteiger partial charge in [0.25, 0.3) is 0 Å². The van der Waals surface area contributed by atoms with Gasteiger partial charge in [-0.1, -0.05) is 19.9 Å². The van der Waals surface area contributed by atoms with Crippen LogP contribution in [0.3, 0.4) is 0 Å². The van der Waals surface area contributed by atoms with Gasteiger partial charge in [-0.25, -0.2) is 19.6 Å². The first-order chi connectivity index (χ1) is 21.7. The smallest absolute Gasteiger partial charge is 0.411 e. The standard InChI is InChI=1S/C34H42N4O7S/c1-9-20-15-34(20,31(41)43-10-2)37-29(40)25-13-21(16-38(25)32(42)45-33(6,7)8)44-27-14-23(30-36-24(17-46-30)18(3)4)35-28-19(5)26(39)12-11-22(27)28/h9,11-12,14,17-18,20-21,25,39H,1,10,13,15-16H2,2-8H3,(H,37,40)/t20-,21-,25+,34-/m1/s1. The van der Waals surface area contributed by atoms with Crippen LogP contribution >= 0.6 is 11.3 Å². The van der Waals surface area contributed by atoms with Gasteiger partial charge in [0, 0.05) is 34.7 Å². The normalized spacial score (nSPS) is 22.5. The van der Waals surface area contributed by atoms with E-state index in [1.807, 2.05) is 11.4 Å².